The van der Waals surface area contributed by atoms with E-state index in [0.717, 1.165) is 7.11 Å². The molecule has 0 amide bonds. The van der Waals surface area contributed by atoms with Crippen LogP contribution in [0.25, 0.3) is 0 Å². The van der Waals surface area contributed by atoms with Gasteiger partial charge in [0.2, 0.25) is 6.20 Å². The lowest BCUT2D eigenvalue weighted by Gasteiger charge is -1.79. The molecule has 0 saturated heterocycles. The van der Waals surface area contributed by atoms with Crippen molar-refractivity contribution in [3.63, 3.8) is 0 Å². The van der Waals surface area contributed by atoms with Crippen molar-refractivity contribution in [1.82, 2.24) is 5.16 Å². The molecule has 0 fully saturated rings. The Morgan fingerprint density at radius 1 is 1.38 bits per heavy atom. The quantitative estimate of drug-likeness (QED) is 0.709. The number of hydrogen-bond donors (Lipinski definition) is 1. The van der Waals surface area contributed by atoms with Gasteiger partial charge in [-0.05, 0) is 4.90 Å². The molecule has 0 aliphatic heterocycles. The maximum atomic E-state index is 9.76. The van der Waals surface area contributed by atoms with E-state index in [1.165, 1.54) is 31.7 Å². The van der Waals surface area contributed by atoms with Gasteiger partial charge in [0, 0.05) is 12.3 Å². The van der Waals surface area contributed by atoms with Crippen LogP contribution in [0.15, 0.2) is 17.0 Å². The first-order valence-electron chi connectivity index (χ1n) is 4.26. The van der Waals surface area contributed by atoms with Crippen molar-refractivity contribution in [3.8, 4) is 0 Å². The Morgan fingerprint density at radius 2 is 1.92 bits per heavy atom. The number of unbranched alkanes of at least 4 members (excludes halogenated alkanes) is 2. The van der Waals surface area contributed by atoms with Crippen LogP contribution in [0.3, 0.4) is 0 Å². The third-order valence-corrected chi connectivity index (χ3v) is 1.08. The Bertz CT molecular complexity index is 152. The summed E-state index contributed by atoms with van der Waals surface area (Å²) >= 11 is 0. The number of nitrogens with zero attached hydrogens (tertiary/aromatic N) is 2. The standard InChI is InChI=1S/C5H12.C2H2N2O2.CH4O/c1-3-5-4-2;5-4-2-1-3-6-4;1-2/h3-5H2,1-2H3;1-2H;2H,1H3. The average Bonchev–Trinajstić information content (AvgIpc) is 2.62. The Hall–Kier alpha value is -1.10. The zero-order valence-corrected chi connectivity index (χ0v) is 8.43. The number of aliphatic hydroxyl groups is 1. The molecule has 1 N–H and O–H groups in total. The number of hydrogen-bond acceptors (Lipinski definition) is 4. The third kappa shape index (κ3) is 13.8. The van der Waals surface area contributed by atoms with Crippen molar-refractivity contribution in [3.05, 3.63) is 17.6 Å². The van der Waals surface area contributed by atoms with E-state index in [4.69, 9.17) is 5.11 Å². The lowest BCUT2D eigenvalue weighted by Crippen LogP contribution is -2.20. The van der Waals surface area contributed by atoms with Crippen molar-refractivity contribution in [2.24, 2.45) is 0 Å². The third-order valence-electron chi connectivity index (χ3n) is 1.08. The molecule has 0 aliphatic rings. The molecule has 13 heavy (non-hydrogen) atoms. The van der Waals surface area contributed by atoms with Gasteiger partial charge < -0.3 is 10.3 Å². The molecule has 5 nitrogen and oxygen atoms in total. The molecule has 1 rings (SSSR count). The van der Waals surface area contributed by atoms with Crippen molar-refractivity contribution < 1.29 is 14.6 Å². The van der Waals surface area contributed by atoms with E-state index < -0.39 is 0 Å². The summed E-state index contributed by atoms with van der Waals surface area (Å²) in [5.74, 6) is 0. The van der Waals surface area contributed by atoms with Gasteiger partial charge in [-0.15, -0.1) is 0 Å². The zero-order chi connectivity index (χ0) is 10.5. The van der Waals surface area contributed by atoms with Gasteiger partial charge in [-0.3, -0.25) is 4.63 Å². The van der Waals surface area contributed by atoms with Gasteiger partial charge in [0.1, 0.15) is 0 Å². The summed E-state index contributed by atoms with van der Waals surface area (Å²) in [6.45, 7) is 4.42. The molecule has 1 aromatic heterocycles. The highest BCUT2D eigenvalue weighted by molar-refractivity contribution is 4.45. The molecule has 0 atom stereocenters. The van der Waals surface area contributed by atoms with E-state index in [9.17, 15) is 5.21 Å². The van der Waals surface area contributed by atoms with Crippen LogP contribution in [0, 0.1) is 5.21 Å². The maximum absolute atomic E-state index is 9.76. The molecule has 0 saturated carbocycles. The van der Waals surface area contributed by atoms with Gasteiger partial charge in [0.25, 0.3) is 0 Å². The highest BCUT2D eigenvalue weighted by atomic mass is 16.8. The van der Waals surface area contributed by atoms with E-state index in [0.29, 0.717) is 0 Å². The van der Waals surface area contributed by atoms with Gasteiger partial charge in [-0.2, -0.15) is 0 Å². The van der Waals surface area contributed by atoms with E-state index in [1.54, 1.807) is 0 Å². The second-order valence-corrected chi connectivity index (χ2v) is 2.12. The highest BCUT2D eigenvalue weighted by Gasteiger charge is 1.78. The number of rotatable bonds is 2. The minimum atomic E-state index is 0.264. The molecule has 0 unspecified atom stereocenters. The van der Waals surface area contributed by atoms with Crippen molar-refractivity contribution in [2.75, 3.05) is 7.11 Å². The van der Waals surface area contributed by atoms with E-state index in [2.05, 4.69) is 23.6 Å². The van der Waals surface area contributed by atoms with Gasteiger partial charge in [-0.1, -0.05) is 33.1 Å². The predicted molar refractivity (Wildman–Crippen MR) is 48.8 cm³/mol. The summed E-state index contributed by atoms with van der Waals surface area (Å²) < 4.78 is 3.94. The first kappa shape index (κ1) is 14.4. The van der Waals surface area contributed by atoms with Crippen molar-refractivity contribution in [2.45, 2.75) is 33.1 Å². The summed E-state index contributed by atoms with van der Waals surface area (Å²) in [5, 5.41) is 19.9. The summed E-state index contributed by atoms with van der Waals surface area (Å²) in [5.41, 5.74) is 0. The summed E-state index contributed by atoms with van der Waals surface area (Å²) in [7, 11) is 1.00. The van der Waals surface area contributed by atoms with Gasteiger partial charge in [0.15, 0.2) is 6.20 Å². The van der Waals surface area contributed by atoms with Crippen LogP contribution in [0.5, 0.6) is 0 Å². The molecule has 0 spiro atoms. The van der Waals surface area contributed by atoms with Crippen LogP contribution >= 0.6 is 0 Å². The molecule has 78 valence electrons. The largest absolute Gasteiger partial charge is 0.400 e. The van der Waals surface area contributed by atoms with E-state index >= 15 is 0 Å². The molecule has 0 bridgehead atoms. The Labute approximate surface area is 78.5 Å². The predicted octanol–water partition coefficient (Wildman–Crippen LogP) is 1.11. The van der Waals surface area contributed by atoms with Gasteiger partial charge >= 0.3 is 0 Å². The second-order valence-electron chi connectivity index (χ2n) is 2.12. The molecule has 0 aliphatic carbocycles. The summed E-state index contributed by atoms with van der Waals surface area (Å²) in [6.07, 6.45) is 6.51. The molecule has 0 aromatic carbocycles. The molecule has 0 radical (unpaired) electrons. The molecular formula is C8H18N2O3. The minimum absolute atomic E-state index is 0.264. The smallest absolute Gasteiger partial charge is 0.205 e. The number of aliphatic hydroxyl groups excluding tert-OH is 1. The summed E-state index contributed by atoms with van der Waals surface area (Å²) in [4.78, 5) is 0.264. The molecule has 5 heteroatoms. The van der Waals surface area contributed by atoms with Crippen LogP contribution < -0.4 is 4.90 Å². The fourth-order valence-corrected chi connectivity index (χ4v) is 0.536. The molecule has 1 heterocycles. The Morgan fingerprint density at radius 3 is 2.00 bits per heavy atom. The van der Waals surface area contributed by atoms with E-state index in [1.807, 2.05) is 0 Å². The molecular weight excluding hydrogens is 172 g/mol. The van der Waals surface area contributed by atoms with Gasteiger partial charge in [0.05, 0.1) is 0 Å². The first-order chi connectivity index (χ1) is 6.31. The zero-order valence-electron chi connectivity index (χ0n) is 8.43. The van der Waals surface area contributed by atoms with Crippen molar-refractivity contribution >= 4 is 0 Å². The van der Waals surface area contributed by atoms with E-state index in [-0.39, 0.29) is 4.90 Å². The topological polar surface area (TPSA) is 73.2 Å². The Balaban J connectivity index is 0. The van der Waals surface area contributed by atoms with Crippen LogP contribution in [-0.2, 0) is 0 Å². The van der Waals surface area contributed by atoms with Gasteiger partial charge in [-0.25, -0.2) is 0 Å². The highest BCUT2D eigenvalue weighted by Crippen LogP contribution is 1.88. The Kier molecular flexibility index (Phi) is 15.0. The van der Waals surface area contributed by atoms with Crippen molar-refractivity contribution in [1.29, 1.82) is 0 Å². The minimum Gasteiger partial charge on any atom is -0.400 e. The fraction of sp³-hybridized carbons (Fsp3) is 0.750. The lowest BCUT2D eigenvalue weighted by atomic mass is 10.3. The molecule has 1 aromatic rings. The normalized spacial score (nSPS) is 7.69. The first-order valence-corrected chi connectivity index (χ1v) is 4.26. The monoisotopic (exact) mass is 190 g/mol. The lowest BCUT2D eigenvalue weighted by molar-refractivity contribution is -0.802. The number of aromatic nitrogens is 2. The van der Waals surface area contributed by atoms with Crippen LogP contribution in [0.4, 0.5) is 0 Å². The SMILES string of the molecule is CCCCC.CO.[O-][n+]1ccno1. The second kappa shape index (κ2) is 13.5. The fourth-order valence-electron chi connectivity index (χ4n) is 0.536. The summed E-state index contributed by atoms with van der Waals surface area (Å²) in [6, 6.07) is 0. The maximum Gasteiger partial charge on any atom is 0.205 e. The van der Waals surface area contributed by atoms with Crippen LogP contribution in [0.2, 0.25) is 0 Å². The average molecular weight is 190 g/mol. The van der Waals surface area contributed by atoms with Crippen LogP contribution in [0.1, 0.15) is 33.1 Å². The van der Waals surface area contributed by atoms with Crippen LogP contribution in [-0.4, -0.2) is 17.4 Å².